The highest BCUT2D eigenvalue weighted by Gasteiger charge is 2.40. The summed E-state index contributed by atoms with van der Waals surface area (Å²) in [5, 5.41) is 0. The molecule has 0 spiro atoms. The van der Waals surface area contributed by atoms with Crippen LogP contribution >= 0.6 is 0 Å². The summed E-state index contributed by atoms with van der Waals surface area (Å²) in [5.74, 6) is 0.253. The van der Waals surface area contributed by atoms with Crippen LogP contribution in [0.2, 0.25) is 0 Å². The Morgan fingerprint density at radius 3 is 2.00 bits per heavy atom. The van der Waals surface area contributed by atoms with Gasteiger partial charge < -0.3 is 9.53 Å². The average molecular weight is 297 g/mol. The Labute approximate surface area is 129 Å². The van der Waals surface area contributed by atoms with Gasteiger partial charge in [0.05, 0.1) is 6.04 Å². The van der Waals surface area contributed by atoms with Gasteiger partial charge in [0.1, 0.15) is 11.9 Å². The number of amides is 1. The molecule has 0 aromatic rings. The molecule has 1 aliphatic carbocycles. The highest BCUT2D eigenvalue weighted by molar-refractivity contribution is 5.75. The molecule has 1 saturated carbocycles. The second-order valence-corrected chi connectivity index (χ2v) is 8.05. The van der Waals surface area contributed by atoms with Gasteiger partial charge in [-0.05, 0) is 60.3 Å². The minimum atomic E-state index is -0.555. The molecule has 0 heterocycles. The maximum atomic E-state index is 12.6. The fraction of sp³-hybridized carbons (Fsp3) is 0.882. The summed E-state index contributed by atoms with van der Waals surface area (Å²) in [5.41, 5.74) is -0.994. The lowest BCUT2D eigenvalue weighted by Gasteiger charge is -2.43. The van der Waals surface area contributed by atoms with E-state index < -0.39 is 17.2 Å². The molecule has 4 heteroatoms. The maximum absolute atomic E-state index is 12.6. The molecular formula is C17H31NO3. The Morgan fingerprint density at radius 2 is 1.62 bits per heavy atom. The lowest BCUT2D eigenvalue weighted by molar-refractivity contribution is -0.117. The van der Waals surface area contributed by atoms with Crippen molar-refractivity contribution >= 4 is 12.4 Å². The van der Waals surface area contributed by atoms with E-state index in [0.717, 1.165) is 32.0 Å². The minimum Gasteiger partial charge on any atom is -0.444 e. The molecule has 21 heavy (non-hydrogen) atoms. The molecule has 0 aliphatic heterocycles. The van der Waals surface area contributed by atoms with Crippen LogP contribution in [0.1, 0.15) is 73.6 Å². The van der Waals surface area contributed by atoms with E-state index in [1.807, 2.05) is 41.5 Å². The van der Waals surface area contributed by atoms with E-state index in [4.69, 9.17) is 4.74 Å². The zero-order valence-electron chi connectivity index (χ0n) is 14.4. The van der Waals surface area contributed by atoms with Gasteiger partial charge in [0.25, 0.3) is 0 Å². The third-order valence-corrected chi connectivity index (χ3v) is 3.88. The summed E-state index contributed by atoms with van der Waals surface area (Å²) in [6, 6.07) is -0.389. The molecule has 1 aliphatic rings. The molecule has 1 fully saturated rings. The molecule has 1 atom stereocenters. The van der Waals surface area contributed by atoms with Gasteiger partial charge in [0, 0.05) is 5.54 Å². The first-order chi connectivity index (χ1) is 9.56. The monoisotopic (exact) mass is 297 g/mol. The van der Waals surface area contributed by atoms with Gasteiger partial charge in [0.2, 0.25) is 0 Å². The molecule has 1 rings (SSSR count). The molecular weight excluding hydrogens is 266 g/mol. The molecule has 122 valence electrons. The van der Waals surface area contributed by atoms with Gasteiger partial charge in [-0.15, -0.1) is 0 Å². The van der Waals surface area contributed by atoms with Crippen molar-refractivity contribution in [2.24, 2.45) is 5.92 Å². The third kappa shape index (κ3) is 5.33. The summed E-state index contributed by atoms with van der Waals surface area (Å²) < 4.78 is 5.53. The molecule has 4 nitrogen and oxygen atoms in total. The number of hydrogen-bond acceptors (Lipinski definition) is 3. The lowest BCUT2D eigenvalue weighted by atomic mass is 9.82. The van der Waals surface area contributed by atoms with Crippen molar-refractivity contribution in [1.82, 2.24) is 4.90 Å². The van der Waals surface area contributed by atoms with Crippen molar-refractivity contribution in [1.29, 1.82) is 0 Å². The van der Waals surface area contributed by atoms with Crippen LogP contribution in [0.5, 0.6) is 0 Å². The van der Waals surface area contributed by atoms with Crippen LogP contribution in [-0.2, 0) is 9.53 Å². The van der Waals surface area contributed by atoms with Gasteiger partial charge in [-0.3, -0.25) is 4.90 Å². The van der Waals surface area contributed by atoms with Crippen molar-refractivity contribution in [3.05, 3.63) is 0 Å². The smallest absolute Gasteiger partial charge is 0.411 e. The SMILES string of the molecule is CC(C)(C)OC(=O)N(C(C=O)C1CCCCC1)C(C)(C)C. The van der Waals surface area contributed by atoms with E-state index in [1.54, 1.807) is 4.90 Å². The first-order valence-electron chi connectivity index (χ1n) is 8.04. The van der Waals surface area contributed by atoms with E-state index in [9.17, 15) is 9.59 Å². The van der Waals surface area contributed by atoms with Gasteiger partial charge in [-0.2, -0.15) is 0 Å². The van der Waals surface area contributed by atoms with E-state index in [-0.39, 0.29) is 12.0 Å². The predicted molar refractivity (Wildman–Crippen MR) is 84.3 cm³/mol. The summed E-state index contributed by atoms with van der Waals surface area (Å²) >= 11 is 0. The minimum absolute atomic E-state index is 0.253. The van der Waals surface area contributed by atoms with Crippen LogP contribution in [0.4, 0.5) is 4.79 Å². The first-order valence-corrected chi connectivity index (χ1v) is 8.04. The highest BCUT2D eigenvalue weighted by atomic mass is 16.6. The van der Waals surface area contributed by atoms with Crippen molar-refractivity contribution in [3.8, 4) is 0 Å². The Bertz CT molecular complexity index is 359. The first kappa shape index (κ1) is 18.0. The summed E-state index contributed by atoms with van der Waals surface area (Å²) in [4.78, 5) is 25.9. The third-order valence-electron chi connectivity index (χ3n) is 3.88. The Kier molecular flexibility index (Phi) is 5.83. The number of hydrogen-bond donors (Lipinski definition) is 0. The molecule has 0 aromatic heterocycles. The van der Waals surface area contributed by atoms with Gasteiger partial charge in [0.15, 0.2) is 0 Å². The van der Waals surface area contributed by atoms with E-state index >= 15 is 0 Å². The van der Waals surface area contributed by atoms with Crippen molar-refractivity contribution in [2.75, 3.05) is 0 Å². The maximum Gasteiger partial charge on any atom is 0.411 e. The molecule has 0 saturated heterocycles. The summed E-state index contributed by atoms with van der Waals surface area (Å²) in [7, 11) is 0. The molecule has 0 bridgehead atoms. The Hall–Kier alpha value is -1.06. The molecule has 1 amide bonds. The average Bonchev–Trinajstić information content (AvgIpc) is 2.32. The molecule has 0 N–H and O–H groups in total. The standard InChI is InChI=1S/C17H31NO3/c1-16(2,3)18(15(20)21-17(4,5)6)14(12-19)13-10-8-7-9-11-13/h12-14H,7-11H2,1-6H3. The van der Waals surface area contributed by atoms with Crippen LogP contribution in [0, 0.1) is 5.92 Å². The quantitative estimate of drug-likeness (QED) is 0.734. The van der Waals surface area contributed by atoms with Crippen molar-refractivity contribution in [2.45, 2.75) is 90.8 Å². The van der Waals surface area contributed by atoms with Crippen molar-refractivity contribution in [3.63, 3.8) is 0 Å². The number of aldehydes is 1. The zero-order chi connectivity index (χ0) is 16.3. The summed E-state index contributed by atoms with van der Waals surface area (Å²) in [6.07, 6.45) is 6.08. The zero-order valence-corrected chi connectivity index (χ0v) is 14.4. The number of carbonyl (C=O) groups is 2. The summed E-state index contributed by atoms with van der Waals surface area (Å²) in [6.45, 7) is 11.4. The van der Waals surface area contributed by atoms with Gasteiger partial charge >= 0.3 is 6.09 Å². The van der Waals surface area contributed by atoms with E-state index in [1.165, 1.54) is 6.42 Å². The lowest BCUT2D eigenvalue weighted by Crippen LogP contribution is -2.56. The van der Waals surface area contributed by atoms with Crippen LogP contribution in [0.3, 0.4) is 0 Å². The van der Waals surface area contributed by atoms with Crippen LogP contribution in [0.25, 0.3) is 0 Å². The van der Waals surface area contributed by atoms with Crippen molar-refractivity contribution < 1.29 is 14.3 Å². The second kappa shape index (κ2) is 6.80. The molecule has 1 unspecified atom stereocenters. The topological polar surface area (TPSA) is 46.6 Å². The fourth-order valence-electron chi connectivity index (χ4n) is 3.01. The Morgan fingerprint density at radius 1 is 1.10 bits per heavy atom. The number of rotatable bonds is 3. The van der Waals surface area contributed by atoms with Crippen LogP contribution < -0.4 is 0 Å². The van der Waals surface area contributed by atoms with Gasteiger partial charge in [-0.25, -0.2) is 4.79 Å². The highest BCUT2D eigenvalue weighted by Crippen LogP contribution is 2.32. The molecule has 0 radical (unpaired) electrons. The second-order valence-electron chi connectivity index (χ2n) is 8.05. The Balaban J connectivity index is 2.99. The fourth-order valence-corrected chi connectivity index (χ4v) is 3.01. The normalized spacial score (nSPS) is 19.0. The number of nitrogens with zero attached hydrogens (tertiary/aromatic N) is 1. The largest absolute Gasteiger partial charge is 0.444 e. The van der Waals surface area contributed by atoms with E-state index in [2.05, 4.69) is 0 Å². The van der Waals surface area contributed by atoms with Crippen LogP contribution in [-0.4, -0.2) is 34.5 Å². The molecule has 0 aromatic carbocycles. The van der Waals surface area contributed by atoms with Crippen LogP contribution in [0.15, 0.2) is 0 Å². The number of carbonyl (C=O) groups excluding carboxylic acids is 2. The van der Waals surface area contributed by atoms with E-state index in [0.29, 0.717) is 0 Å². The number of ether oxygens (including phenoxy) is 1. The predicted octanol–water partition coefficient (Wildman–Crippen LogP) is 4.17. The van der Waals surface area contributed by atoms with Gasteiger partial charge in [-0.1, -0.05) is 19.3 Å².